The number of aliphatic imine (C=N–C) groups is 1. The molecule has 1 aromatic heterocycles. The molecule has 1 heterocycles. The predicted octanol–water partition coefficient (Wildman–Crippen LogP) is 2.79. The molecule has 3 rings (SSSR count). The zero-order valence-corrected chi connectivity index (χ0v) is 17.9. The zero-order valence-electron chi connectivity index (χ0n) is 17.9. The minimum absolute atomic E-state index is 0.0480. The van der Waals surface area contributed by atoms with Crippen molar-refractivity contribution in [1.82, 2.24) is 25.7 Å². The Morgan fingerprint density at radius 1 is 0.968 bits per heavy atom. The molecular weight excluding hydrogens is 388 g/mol. The van der Waals surface area contributed by atoms with Gasteiger partial charge >= 0.3 is 0 Å². The number of hydrogen-bond donors (Lipinski definition) is 3. The minimum Gasteiger partial charge on any atom is -0.357 e. The van der Waals surface area contributed by atoms with Gasteiger partial charge < -0.3 is 16.0 Å². The molecule has 7 heteroatoms. The van der Waals surface area contributed by atoms with E-state index in [9.17, 15) is 4.79 Å². The van der Waals surface area contributed by atoms with Crippen molar-refractivity contribution in [2.24, 2.45) is 4.99 Å². The fourth-order valence-corrected chi connectivity index (χ4v) is 3.07. The van der Waals surface area contributed by atoms with E-state index in [1.165, 1.54) is 5.56 Å². The summed E-state index contributed by atoms with van der Waals surface area (Å²) in [5, 5.41) is 13.8. The number of nitrogens with one attached hydrogen (secondary N) is 3. The fourth-order valence-electron chi connectivity index (χ4n) is 3.07. The van der Waals surface area contributed by atoms with E-state index < -0.39 is 0 Å². The first-order valence-corrected chi connectivity index (χ1v) is 10.7. The Kier molecular flexibility index (Phi) is 8.67. The second-order valence-electron chi connectivity index (χ2n) is 7.03. The van der Waals surface area contributed by atoms with Crippen molar-refractivity contribution in [3.05, 3.63) is 84.2 Å². The van der Waals surface area contributed by atoms with E-state index in [1.54, 1.807) is 6.20 Å². The van der Waals surface area contributed by atoms with Crippen LogP contribution in [0.25, 0.3) is 5.69 Å². The third-order valence-electron chi connectivity index (χ3n) is 4.68. The summed E-state index contributed by atoms with van der Waals surface area (Å²) in [4.78, 5) is 16.6. The van der Waals surface area contributed by atoms with E-state index in [1.807, 2.05) is 54.2 Å². The Hall–Kier alpha value is -3.61. The van der Waals surface area contributed by atoms with E-state index >= 15 is 0 Å². The molecule has 3 aromatic rings. The highest BCUT2D eigenvalue weighted by Crippen LogP contribution is 2.08. The lowest BCUT2D eigenvalue weighted by atomic mass is 10.1. The van der Waals surface area contributed by atoms with Crippen LogP contribution in [0.2, 0.25) is 0 Å². The lowest BCUT2D eigenvalue weighted by molar-refractivity contribution is 0.0953. The van der Waals surface area contributed by atoms with E-state index in [0.717, 1.165) is 37.6 Å². The van der Waals surface area contributed by atoms with E-state index in [4.69, 9.17) is 0 Å². The van der Waals surface area contributed by atoms with Gasteiger partial charge in [0.25, 0.3) is 5.91 Å². The first kappa shape index (κ1) is 22.1. The summed E-state index contributed by atoms with van der Waals surface area (Å²) in [6.45, 7) is 4.88. The fraction of sp³-hybridized carbons (Fsp3) is 0.292. The van der Waals surface area contributed by atoms with Gasteiger partial charge in [0.15, 0.2) is 5.96 Å². The summed E-state index contributed by atoms with van der Waals surface area (Å²) >= 11 is 0. The number of aromatic nitrogens is 2. The number of amides is 1. The molecule has 0 bridgehead atoms. The largest absolute Gasteiger partial charge is 0.357 e. The molecule has 162 valence electrons. The number of carbonyl (C=O) groups is 1. The van der Waals surface area contributed by atoms with Crippen LogP contribution >= 0.6 is 0 Å². The molecule has 31 heavy (non-hydrogen) atoms. The van der Waals surface area contributed by atoms with Crippen LogP contribution in [0.3, 0.4) is 0 Å². The molecule has 0 spiro atoms. The van der Waals surface area contributed by atoms with Crippen molar-refractivity contribution >= 4 is 11.9 Å². The SMILES string of the molecule is CCNC(=NCCCNC(=O)c1ccccc1)NCCc1ccc(-n2cccn2)cc1. The summed E-state index contributed by atoms with van der Waals surface area (Å²) in [5.74, 6) is 0.748. The van der Waals surface area contributed by atoms with E-state index in [0.29, 0.717) is 18.7 Å². The molecule has 0 fully saturated rings. The molecule has 0 atom stereocenters. The molecule has 1 amide bonds. The molecular formula is C24H30N6O. The minimum atomic E-state index is -0.0480. The Bertz CT molecular complexity index is 936. The van der Waals surface area contributed by atoms with Crippen LogP contribution in [0, 0.1) is 0 Å². The number of hydrogen-bond acceptors (Lipinski definition) is 3. The highest BCUT2D eigenvalue weighted by Gasteiger charge is 2.03. The molecule has 0 saturated heterocycles. The second-order valence-corrected chi connectivity index (χ2v) is 7.03. The molecule has 2 aromatic carbocycles. The Labute approximate surface area is 183 Å². The van der Waals surface area contributed by atoms with E-state index in [2.05, 4.69) is 50.3 Å². The van der Waals surface area contributed by atoms with Crippen LogP contribution in [0.5, 0.6) is 0 Å². The predicted molar refractivity (Wildman–Crippen MR) is 125 cm³/mol. The Morgan fingerprint density at radius 2 is 1.77 bits per heavy atom. The van der Waals surface area contributed by atoms with Gasteiger partial charge in [-0.3, -0.25) is 9.79 Å². The van der Waals surface area contributed by atoms with Gasteiger partial charge in [-0.15, -0.1) is 0 Å². The van der Waals surface area contributed by atoms with Crippen molar-refractivity contribution < 1.29 is 4.79 Å². The van der Waals surface area contributed by atoms with Crippen LogP contribution in [0.4, 0.5) is 0 Å². The third kappa shape index (κ3) is 7.29. The molecule has 0 unspecified atom stereocenters. The quantitative estimate of drug-likeness (QED) is 0.269. The number of carbonyl (C=O) groups excluding carboxylic acids is 1. The summed E-state index contributed by atoms with van der Waals surface area (Å²) in [7, 11) is 0. The second kappa shape index (κ2) is 12.2. The van der Waals surface area contributed by atoms with Gasteiger partial charge in [0.2, 0.25) is 0 Å². The van der Waals surface area contributed by atoms with Gasteiger partial charge in [0.05, 0.1) is 5.69 Å². The number of rotatable bonds is 10. The van der Waals surface area contributed by atoms with Gasteiger partial charge in [-0.25, -0.2) is 4.68 Å². The lowest BCUT2D eigenvalue weighted by Gasteiger charge is -2.12. The molecule has 0 aliphatic rings. The van der Waals surface area contributed by atoms with Gasteiger partial charge in [0.1, 0.15) is 0 Å². The third-order valence-corrected chi connectivity index (χ3v) is 4.68. The average molecular weight is 419 g/mol. The molecule has 0 saturated carbocycles. The first-order chi connectivity index (χ1) is 15.3. The normalized spacial score (nSPS) is 11.2. The van der Waals surface area contributed by atoms with Gasteiger partial charge in [-0.05, 0) is 55.7 Å². The summed E-state index contributed by atoms with van der Waals surface area (Å²) in [6.07, 6.45) is 5.39. The van der Waals surface area contributed by atoms with Crippen LogP contribution in [-0.4, -0.2) is 47.8 Å². The number of benzene rings is 2. The summed E-state index contributed by atoms with van der Waals surface area (Å²) in [6, 6.07) is 19.6. The monoisotopic (exact) mass is 418 g/mol. The summed E-state index contributed by atoms with van der Waals surface area (Å²) < 4.78 is 1.85. The molecule has 7 nitrogen and oxygen atoms in total. The number of nitrogens with zero attached hydrogens (tertiary/aromatic N) is 3. The molecule has 0 aliphatic heterocycles. The van der Waals surface area contributed by atoms with Crippen LogP contribution in [-0.2, 0) is 6.42 Å². The smallest absolute Gasteiger partial charge is 0.251 e. The maximum atomic E-state index is 12.0. The van der Waals surface area contributed by atoms with Gasteiger partial charge in [-0.1, -0.05) is 30.3 Å². The van der Waals surface area contributed by atoms with Crippen LogP contribution < -0.4 is 16.0 Å². The standard InChI is InChI=1S/C24H30N6O/c1-2-25-24(27-16-6-15-26-23(31)21-8-4-3-5-9-21)28-18-14-20-10-12-22(13-11-20)30-19-7-17-29-30/h3-5,7-13,17,19H,2,6,14-16,18H2,1H3,(H,26,31)(H2,25,27,28). The van der Waals surface area contributed by atoms with E-state index in [-0.39, 0.29) is 5.91 Å². The topological polar surface area (TPSA) is 83.3 Å². The van der Waals surface area contributed by atoms with Crippen molar-refractivity contribution in [1.29, 1.82) is 0 Å². The molecule has 0 aliphatic carbocycles. The Balaban J connectivity index is 1.37. The average Bonchev–Trinajstić information content (AvgIpc) is 3.35. The van der Waals surface area contributed by atoms with Crippen molar-refractivity contribution in [3.8, 4) is 5.69 Å². The summed E-state index contributed by atoms with van der Waals surface area (Å²) in [5.41, 5.74) is 2.98. The highest BCUT2D eigenvalue weighted by molar-refractivity contribution is 5.94. The highest BCUT2D eigenvalue weighted by atomic mass is 16.1. The van der Waals surface area contributed by atoms with Crippen LogP contribution in [0.1, 0.15) is 29.3 Å². The van der Waals surface area contributed by atoms with Gasteiger partial charge in [-0.2, -0.15) is 5.10 Å². The maximum Gasteiger partial charge on any atom is 0.251 e. The van der Waals surface area contributed by atoms with Crippen molar-refractivity contribution in [2.45, 2.75) is 19.8 Å². The van der Waals surface area contributed by atoms with Crippen LogP contribution in [0.15, 0.2) is 78.0 Å². The number of guanidine groups is 1. The Morgan fingerprint density at radius 3 is 2.48 bits per heavy atom. The van der Waals surface area contributed by atoms with Crippen molar-refractivity contribution in [3.63, 3.8) is 0 Å². The lowest BCUT2D eigenvalue weighted by Crippen LogP contribution is -2.38. The van der Waals surface area contributed by atoms with Crippen molar-refractivity contribution in [2.75, 3.05) is 26.2 Å². The molecule has 3 N–H and O–H groups in total. The maximum absolute atomic E-state index is 12.0. The van der Waals surface area contributed by atoms with Gasteiger partial charge in [0, 0.05) is 44.1 Å². The molecule has 0 radical (unpaired) electrons. The zero-order chi connectivity index (χ0) is 21.7. The first-order valence-electron chi connectivity index (χ1n) is 10.7.